The molecule has 1 fully saturated rings. The number of nitrogens with one attached hydrogen (secondary N) is 1. The first-order valence-corrected chi connectivity index (χ1v) is 11.5. The van der Waals surface area contributed by atoms with Crippen molar-refractivity contribution in [3.63, 3.8) is 0 Å². The Morgan fingerprint density at radius 1 is 0.966 bits per heavy atom. The fourth-order valence-electron chi connectivity index (χ4n) is 3.51. The fraction of sp³-hybridized carbons (Fsp3) is 0.409. The van der Waals surface area contributed by atoms with E-state index < -0.39 is 10.0 Å². The maximum atomic E-state index is 12.9. The van der Waals surface area contributed by atoms with E-state index in [0.717, 1.165) is 26.1 Å². The molecule has 3 rings (SSSR count). The summed E-state index contributed by atoms with van der Waals surface area (Å²) in [6.45, 7) is 7.59. The van der Waals surface area contributed by atoms with Crippen molar-refractivity contribution in [2.45, 2.75) is 37.8 Å². The van der Waals surface area contributed by atoms with Gasteiger partial charge in [-0.1, -0.05) is 30.3 Å². The van der Waals surface area contributed by atoms with Gasteiger partial charge in [-0.2, -0.15) is 0 Å². The van der Waals surface area contributed by atoms with E-state index in [1.54, 1.807) is 26.0 Å². The van der Waals surface area contributed by atoms with Crippen LogP contribution in [0.1, 0.15) is 36.2 Å². The van der Waals surface area contributed by atoms with E-state index in [-0.39, 0.29) is 16.8 Å². The minimum atomic E-state index is -3.55. The van der Waals surface area contributed by atoms with E-state index in [1.807, 2.05) is 23.1 Å². The molecule has 156 valence electrons. The van der Waals surface area contributed by atoms with E-state index in [1.165, 1.54) is 17.7 Å². The van der Waals surface area contributed by atoms with Gasteiger partial charge in [0.2, 0.25) is 10.0 Å². The first-order valence-electron chi connectivity index (χ1n) is 10.0. The number of carbonyl (C=O) groups excluding carboxylic acids is 1. The molecule has 29 heavy (non-hydrogen) atoms. The summed E-state index contributed by atoms with van der Waals surface area (Å²) in [5.41, 5.74) is 1.80. The zero-order valence-electron chi connectivity index (χ0n) is 17.0. The highest BCUT2D eigenvalue weighted by molar-refractivity contribution is 7.89. The third-order valence-corrected chi connectivity index (χ3v) is 6.60. The van der Waals surface area contributed by atoms with Crippen molar-refractivity contribution in [3.8, 4) is 0 Å². The highest BCUT2D eigenvalue weighted by atomic mass is 32.2. The van der Waals surface area contributed by atoms with Crippen LogP contribution in [0.2, 0.25) is 0 Å². The molecule has 1 aliphatic heterocycles. The molecule has 1 heterocycles. The molecule has 6 nitrogen and oxygen atoms in total. The maximum absolute atomic E-state index is 12.9. The van der Waals surface area contributed by atoms with Gasteiger partial charge in [0.25, 0.3) is 5.91 Å². The molecule has 0 saturated carbocycles. The van der Waals surface area contributed by atoms with Gasteiger partial charge < -0.3 is 4.90 Å². The van der Waals surface area contributed by atoms with Crippen LogP contribution < -0.4 is 4.72 Å². The highest BCUT2D eigenvalue weighted by Gasteiger charge is 2.21. The molecule has 1 aliphatic rings. The minimum Gasteiger partial charge on any atom is -0.337 e. The Balaban J connectivity index is 1.61. The van der Waals surface area contributed by atoms with E-state index in [9.17, 15) is 13.2 Å². The standard InChI is InChI=1S/C22H29N3O3S/c1-18(2)23-29(27,28)21-11-9-20(10-12-21)22(26)25-14-6-13-24(15-16-25)17-19-7-4-3-5-8-19/h3-5,7-12,18,23H,6,13-17H2,1-2H3. The van der Waals surface area contributed by atoms with Crippen LogP contribution in [0.25, 0.3) is 0 Å². The minimum absolute atomic E-state index is 0.0488. The van der Waals surface area contributed by atoms with Crippen molar-refractivity contribution in [2.75, 3.05) is 26.2 Å². The summed E-state index contributed by atoms with van der Waals surface area (Å²) in [6, 6.07) is 16.4. The molecule has 0 radical (unpaired) electrons. The molecule has 2 aromatic carbocycles. The topological polar surface area (TPSA) is 69.7 Å². The SMILES string of the molecule is CC(C)NS(=O)(=O)c1ccc(C(=O)N2CCCN(Cc3ccccc3)CC2)cc1. The van der Waals surface area contributed by atoms with E-state index in [0.29, 0.717) is 18.7 Å². The number of benzene rings is 2. The smallest absolute Gasteiger partial charge is 0.253 e. The summed E-state index contributed by atoms with van der Waals surface area (Å²) in [5, 5.41) is 0. The van der Waals surface area contributed by atoms with Crippen LogP contribution in [0.3, 0.4) is 0 Å². The van der Waals surface area contributed by atoms with Crippen LogP contribution in [0.4, 0.5) is 0 Å². The van der Waals surface area contributed by atoms with Crippen LogP contribution >= 0.6 is 0 Å². The lowest BCUT2D eigenvalue weighted by Crippen LogP contribution is -2.35. The molecule has 0 bridgehead atoms. The Labute approximate surface area is 173 Å². The molecule has 0 aromatic heterocycles. The van der Waals surface area contributed by atoms with E-state index >= 15 is 0 Å². The Kier molecular flexibility index (Phi) is 7.05. The lowest BCUT2D eigenvalue weighted by Gasteiger charge is -2.22. The first-order chi connectivity index (χ1) is 13.8. The van der Waals surface area contributed by atoms with Gasteiger partial charge in [0.15, 0.2) is 0 Å². The van der Waals surface area contributed by atoms with Gasteiger partial charge >= 0.3 is 0 Å². The average Bonchev–Trinajstić information content (AvgIpc) is 2.93. The summed E-state index contributed by atoms with van der Waals surface area (Å²) in [6.07, 6.45) is 0.920. The Hall–Kier alpha value is -2.22. The number of carbonyl (C=O) groups is 1. The zero-order chi connectivity index (χ0) is 20.9. The molecule has 0 spiro atoms. The number of sulfonamides is 1. The molecular formula is C22H29N3O3S. The molecule has 1 amide bonds. The normalized spacial score (nSPS) is 16.0. The van der Waals surface area contributed by atoms with Crippen LogP contribution in [-0.4, -0.2) is 56.3 Å². The Morgan fingerprint density at radius 2 is 1.66 bits per heavy atom. The molecule has 1 saturated heterocycles. The third-order valence-electron chi connectivity index (χ3n) is 4.93. The summed E-state index contributed by atoms with van der Waals surface area (Å²) >= 11 is 0. The molecule has 2 aromatic rings. The fourth-order valence-corrected chi connectivity index (χ4v) is 4.76. The summed E-state index contributed by atoms with van der Waals surface area (Å²) in [4.78, 5) is 17.3. The van der Waals surface area contributed by atoms with Gasteiger partial charge in [-0.05, 0) is 50.1 Å². The van der Waals surface area contributed by atoms with Gasteiger partial charge in [0, 0.05) is 44.3 Å². The second kappa shape index (κ2) is 9.52. The van der Waals surface area contributed by atoms with Gasteiger partial charge in [-0.25, -0.2) is 13.1 Å². The van der Waals surface area contributed by atoms with Gasteiger partial charge in [-0.15, -0.1) is 0 Å². The van der Waals surface area contributed by atoms with Crippen LogP contribution in [-0.2, 0) is 16.6 Å². The molecule has 1 N–H and O–H groups in total. The first kappa shape index (κ1) is 21.5. The lowest BCUT2D eigenvalue weighted by atomic mass is 10.2. The number of hydrogen-bond acceptors (Lipinski definition) is 4. The van der Waals surface area contributed by atoms with Crippen LogP contribution in [0.5, 0.6) is 0 Å². The zero-order valence-corrected chi connectivity index (χ0v) is 17.9. The monoisotopic (exact) mass is 415 g/mol. The predicted octanol–water partition coefficient (Wildman–Crippen LogP) is 2.72. The van der Waals surface area contributed by atoms with Crippen molar-refractivity contribution < 1.29 is 13.2 Å². The largest absolute Gasteiger partial charge is 0.337 e. The number of rotatable bonds is 6. The van der Waals surface area contributed by atoms with Crippen LogP contribution in [0.15, 0.2) is 59.5 Å². The van der Waals surface area contributed by atoms with Crippen LogP contribution in [0, 0.1) is 0 Å². The number of amides is 1. The van der Waals surface area contributed by atoms with Crippen molar-refractivity contribution >= 4 is 15.9 Å². The highest BCUT2D eigenvalue weighted by Crippen LogP contribution is 2.15. The van der Waals surface area contributed by atoms with Crippen molar-refractivity contribution in [1.82, 2.24) is 14.5 Å². The third kappa shape index (κ3) is 5.88. The maximum Gasteiger partial charge on any atom is 0.253 e. The second-order valence-electron chi connectivity index (χ2n) is 7.71. The molecular weight excluding hydrogens is 386 g/mol. The Bertz CT molecular complexity index is 912. The number of hydrogen-bond donors (Lipinski definition) is 1. The van der Waals surface area contributed by atoms with E-state index in [4.69, 9.17) is 0 Å². The predicted molar refractivity (Wildman–Crippen MR) is 114 cm³/mol. The van der Waals surface area contributed by atoms with Gasteiger partial charge in [-0.3, -0.25) is 9.69 Å². The Morgan fingerprint density at radius 3 is 2.31 bits per heavy atom. The molecule has 0 atom stereocenters. The number of nitrogens with zero attached hydrogens (tertiary/aromatic N) is 2. The molecule has 0 unspecified atom stereocenters. The van der Waals surface area contributed by atoms with Crippen molar-refractivity contribution in [1.29, 1.82) is 0 Å². The summed E-state index contributed by atoms with van der Waals surface area (Å²) in [7, 11) is -3.55. The quantitative estimate of drug-likeness (QED) is 0.788. The van der Waals surface area contributed by atoms with Crippen molar-refractivity contribution in [2.24, 2.45) is 0 Å². The summed E-state index contributed by atoms with van der Waals surface area (Å²) < 4.78 is 27.0. The second-order valence-corrected chi connectivity index (χ2v) is 9.42. The van der Waals surface area contributed by atoms with E-state index in [2.05, 4.69) is 21.8 Å². The molecule has 0 aliphatic carbocycles. The lowest BCUT2D eigenvalue weighted by molar-refractivity contribution is 0.0761. The average molecular weight is 416 g/mol. The van der Waals surface area contributed by atoms with Gasteiger partial charge in [0.05, 0.1) is 4.90 Å². The van der Waals surface area contributed by atoms with Crippen molar-refractivity contribution in [3.05, 3.63) is 65.7 Å². The molecule has 7 heteroatoms. The summed E-state index contributed by atoms with van der Waals surface area (Å²) in [5.74, 6) is -0.0488. The van der Waals surface area contributed by atoms with Gasteiger partial charge in [0.1, 0.15) is 0 Å².